The molecule has 0 aromatic heterocycles. The van der Waals surface area contributed by atoms with Crippen LogP contribution < -0.4 is 5.14 Å². The van der Waals surface area contributed by atoms with Crippen LogP contribution in [0, 0.1) is 12.8 Å². The lowest BCUT2D eigenvalue weighted by Crippen LogP contribution is -2.38. The monoisotopic (exact) mass is 310 g/mol. The molecular formula is C15H22N2O3S. The van der Waals surface area contributed by atoms with Crippen molar-refractivity contribution < 1.29 is 13.2 Å². The maximum absolute atomic E-state index is 12.6. The Morgan fingerprint density at radius 3 is 2.62 bits per heavy atom. The van der Waals surface area contributed by atoms with Crippen molar-refractivity contribution in [2.75, 3.05) is 6.54 Å². The van der Waals surface area contributed by atoms with E-state index in [9.17, 15) is 13.2 Å². The number of hydrogen-bond acceptors (Lipinski definition) is 3. The topological polar surface area (TPSA) is 80.5 Å². The highest BCUT2D eigenvalue weighted by Gasteiger charge is 2.31. The molecule has 1 amide bonds. The molecule has 0 spiro atoms. The molecule has 2 N–H and O–H groups in total. The maximum atomic E-state index is 12.6. The van der Waals surface area contributed by atoms with E-state index in [1.54, 1.807) is 19.1 Å². The molecule has 0 radical (unpaired) electrons. The molecule has 6 heteroatoms. The van der Waals surface area contributed by atoms with E-state index in [0.29, 0.717) is 17.0 Å². The standard InChI is InChI=1S/C15H22N2O3S/c1-10(2)13-5-4-8-17(13)15(18)12-7-6-11(3)14(9-12)21(16,19)20/h6-7,9-10,13H,4-5,8H2,1-3H3,(H2,16,19,20). The van der Waals surface area contributed by atoms with E-state index in [1.807, 2.05) is 4.90 Å². The smallest absolute Gasteiger partial charge is 0.254 e. The van der Waals surface area contributed by atoms with Crippen LogP contribution in [0.2, 0.25) is 0 Å². The van der Waals surface area contributed by atoms with E-state index in [-0.39, 0.29) is 16.8 Å². The van der Waals surface area contributed by atoms with Crippen molar-refractivity contribution >= 4 is 15.9 Å². The van der Waals surface area contributed by atoms with Gasteiger partial charge in [0.15, 0.2) is 0 Å². The number of carbonyl (C=O) groups is 1. The Hall–Kier alpha value is -1.40. The van der Waals surface area contributed by atoms with Crippen LogP contribution in [0.5, 0.6) is 0 Å². The van der Waals surface area contributed by atoms with Gasteiger partial charge in [-0.2, -0.15) is 0 Å². The summed E-state index contributed by atoms with van der Waals surface area (Å²) < 4.78 is 23.2. The predicted octanol–water partition coefficient (Wildman–Crippen LogP) is 1.90. The number of carbonyl (C=O) groups excluding carboxylic acids is 1. The van der Waals surface area contributed by atoms with E-state index < -0.39 is 10.0 Å². The fourth-order valence-corrected chi connectivity index (χ4v) is 3.75. The van der Waals surface area contributed by atoms with Gasteiger partial charge in [-0.1, -0.05) is 19.9 Å². The Morgan fingerprint density at radius 1 is 1.38 bits per heavy atom. The van der Waals surface area contributed by atoms with Crippen LogP contribution in [0.3, 0.4) is 0 Å². The minimum Gasteiger partial charge on any atom is -0.335 e. The van der Waals surface area contributed by atoms with E-state index >= 15 is 0 Å². The molecule has 0 aliphatic carbocycles. The van der Waals surface area contributed by atoms with Crippen molar-refractivity contribution in [1.29, 1.82) is 0 Å². The fourth-order valence-electron chi connectivity index (χ4n) is 2.94. The zero-order valence-electron chi connectivity index (χ0n) is 12.7. The number of likely N-dealkylation sites (tertiary alicyclic amines) is 1. The van der Waals surface area contributed by atoms with Crippen molar-refractivity contribution in [3.63, 3.8) is 0 Å². The zero-order chi connectivity index (χ0) is 15.8. The SMILES string of the molecule is Cc1ccc(C(=O)N2CCCC2C(C)C)cc1S(N)(=O)=O. The van der Waals surface area contributed by atoms with Crippen LogP contribution in [-0.4, -0.2) is 31.8 Å². The van der Waals surface area contributed by atoms with E-state index in [2.05, 4.69) is 13.8 Å². The second-order valence-corrected chi connectivity index (χ2v) is 7.51. The van der Waals surface area contributed by atoms with Crippen molar-refractivity contribution in [2.45, 2.75) is 44.6 Å². The van der Waals surface area contributed by atoms with Gasteiger partial charge in [0.2, 0.25) is 10.0 Å². The minimum atomic E-state index is -3.81. The number of nitrogens with two attached hydrogens (primary N) is 1. The number of primary sulfonamides is 1. The molecule has 21 heavy (non-hydrogen) atoms. The van der Waals surface area contributed by atoms with Gasteiger partial charge in [0.25, 0.3) is 5.91 Å². The molecule has 116 valence electrons. The number of hydrogen-bond donors (Lipinski definition) is 1. The number of sulfonamides is 1. The molecule has 1 unspecified atom stereocenters. The molecule has 1 atom stereocenters. The fraction of sp³-hybridized carbons (Fsp3) is 0.533. The van der Waals surface area contributed by atoms with Crippen molar-refractivity contribution in [1.82, 2.24) is 4.90 Å². The molecule has 0 saturated carbocycles. The molecule has 1 fully saturated rings. The first-order chi connectivity index (χ1) is 9.71. The molecule has 5 nitrogen and oxygen atoms in total. The molecule has 1 aromatic carbocycles. The summed E-state index contributed by atoms with van der Waals surface area (Å²) in [5.74, 6) is 0.274. The third-order valence-corrected chi connectivity index (χ3v) is 5.12. The predicted molar refractivity (Wildman–Crippen MR) is 81.4 cm³/mol. The molecule has 1 saturated heterocycles. The first-order valence-corrected chi connectivity index (χ1v) is 8.71. The van der Waals surface area contributed by atoms with Gasteiger partial charge in [0, 0.05) is 18.2 Å². The summed E-state index contributed by atoms with van der Waals surface area (Å²) in [7, 11) is -3.81. The van der Waals surface area contributed by atoms with Crippen LogP contribution in [0.25, 0.3) is 0 Å². The van der Waals surface area contributed by atoms with Crippen molar-refractivity contribution in [3.05, 3.63) is 29.3 Å². The van der Waals surface area contributed by atoms with Crippen LogP contribution in [0.15, 0.2) is 23.1 Å². The second-order valence-electron chi connectivity index (χ2n) is 5.98. The Morgan fingerprint density at radius 2 is 2.05 bits per heavy atom. The number of aryl methyl sites for hydroxylation is 1. The largest absolute Gasteiger partial charge is 0.335 e. The van der Waals surface area contributed by atoms with Crippen molar-refractivity contribution in [2.24, 2.45) is 11.1 Å². The van der Waals surface area contributed by atoms with Gasteiger partial charge in [-0.15, -0.1) is 0 Å². The van der Waals surface area contributed by atoms with Crippen LogP contribution in [0.4, 0.5) is 0 Å². The number of rotatable bonds is 3. The molecule has 1 heterocycles. The Labute approximate surface area is 126 Å². The van der Waals surface area contributed by atoms with Gasteiger partial charge in [-0.3, -0.25) is 4.79 Å². The quantitative estimate of drug-likeness (QED) is 0.926. The van der Waals surface area contributed by atoms with Crippen LogP contribution >= 0.6 is 0 Å². The third-order valence-electron chi connectivity index (χ3n) is 4.07. The van der Waals surface area contributed by atoms with Gasteiger partial charge in [-0.05, 0) is 43.4 Å². The summed E-state index contributed by atoms with van der Waals surface area (Å²) in [5, 5.41) is 5.20. The summed E-state index contributed by atoms with van der Waals surface area (Å²) in [6.45, 7) is 6.59. The maximum Gasteiger partial charge on any atom is 0.254 e. The third kappa shape index (κ3) is 3.27. The van der Waals surface area contributed by atoms with Crippen LogP contribution in [-0.2, 0) is 10.0 Å². The molecule has 2 rings (SSSR count). The lowest BCUT2D eigenvalue weighted by atomic mass is 10.0. The van der Waals surface area contributed by atoms with Gasteiger partial charge < -0.3 is 4.90 Å². The average molecular weight is 310 g/mol. The highest BCUT2D eigenvalue weighted by atomic mass is 32.2. The normalized spacial score (nSPS) is 19.3. The zero-order valence-corrected chi connectivity index (χ0v) is 13.5. The summed E-state index contributed by atoms with van der Waals surface area (Å²) in [6, 6.07) is 4.91. The van der Waals surface area contributed by atoms with Crippen molar-refractivity contribution in [3.8, 4) is 0 Å². The number of amides is 1. The Bertz CT molecular complexity index is 653. The van der Waals surface area contributed by atoms with E-state index in [1.165, 1.54) is 6.07 Å². The molecule has 0 bridgehead atoms. The number of benzene rings is 1. The number of nitrogens with zero attached hydrogens (tertiary/aromatic N) is 1. The Kier molecular flexibility index (Phi) is 4.39. The summed E-state index contributed by atoms with van der Waals surface area (Å²) in [5.41, 5.74) is 0.938. The summed E-state index contributed by atoms with van der Waals surface area (Å²) in [6.07, 6.45) is 1.99. The van der Waals surface area contributed by atoms with Gasteiger partial charge >= 0.3 is 0 Å². The summed E-state index contributed by atoms with van der Waals surface area (Å²) in [4.78, 5) is 14.5. The highest BCUT2D eigenvalue weighted by Crippen LogP contribution is 2.26. The highest BCUT2D eigenvalue weighted by molar-refractivity contribution is 7.89. The molecule has 1 aromatic rings. The first kappa shape index (κ1) is 16.0. The van der Waals surface area contributed by atoms with Gasteiger partial charge in [0.1, 0.15) is 0 Å². The van der Waals surface area contributed by atoms with Crippen LogP contribution in [0.1, 0.15) is 42.6 Å². The Balaban J connectivity index is 2.36. The lowest BCUT2D eigenvalue weighted by Gasteiger charge is -2.28. The van der Waals surface area contributed by atoms with E-state index in [0.717, 1.165) is 19.4 Å². The summed E-state index contributed by atoms with van der Waals surface area (Å²) >= 11 is 0. The first-order valence-electron chi connectivity index (χ1n) is 7.16. The second kappa shape index (κ2) is 5.77. The van der Waals surface area contributed by atoms with Gasteiger partial charge in [-0.25, -0.2) is 13.6 Å². The van der Waals surface area contributed by atoms with E-state index in [4.69, 9.17) is 5.14 Å². The lowest BCUT2D eigenvalue weighted by molar-refractivity contribution is 0.0701. The average Bonchev–Trinajstić information content (AvgIpc) is 2.86. The minimum absolute atomic E-state index is 0.0219. The molecule has 1 aliphatic heterocycles. The molecular weight excluding hydrogens is 288 g/mol. The van der Waals surface area contributed by atoms with Gasteiger partial charge in [0.05, 0.1) is 4.90 Å². The molecule has 1 aliphatic rings.